The topological polar surface area (TPSA) is 64.6 Å². The fourth-order valence-corrected chi connectivity index (χ4v) is 1.81. The largest absolute Gasteiger partial charge is 0.462 e. The summed E-state index contributed by atoms with van der Waals surface area (Å²) >= 11 is 3.11. The van der Waals surface area contributed by atoms with E-state index in [-0.39, 0.29) is 12.2 Å². The minimum Gasteiger partial charge on any atom is -0.462 e. The molecular weight excluding hydrogens is 357 g/mol. The molecule has 0 aliphatic rings. The Morgan fingerprint density at radius 2 is 2.00 bits per heavy atom. The highest BCUT2D eigenvalue weighted by Gasteiger charge is 2.16. The molecule has 0 aromatic heterocycles. The molecule has 0 aliphatic heterocycles. The fraction of sp³-hybridized carbons (Fsp3) is 0.467. The molecule has 0 fully saturated rings. The predicted octanol–water partition coefficient (Wildman–Crippen LogP) is 3.66. The first-order chi connectivity index (χ1) is 10.2. The van der Waals surface area contributed by atoms with Gasteiger partial charge in [0.2, 0.25) is 0 Å². The van der Waals surface area contributed by atoms with Gasteiger partial charge in [0, 0.05) is 11.0 Å². The molecule has 0 spiro atoms. The first kappa shape index (κ1) is 18.4. The summed E-state index contributed by atoms with van der Waals surface area (Å²) in [5, 5.41) is 2.54. The number of amides is 1. The van der Waals surface area contributed by atoms with E-state index in [0.29, 0.717) is 17.4 Å². The van der Waals surface area contributed by atoms with Gasteiger partial charge in [-0.2, -0.15) is 0 Å². The molecule has 0 saturated carbocycles. The molecule has 1 aromatic carbocycles. The number of hydrogen-bond acceptors (Lipinski definition) is 4. The Labute approximate surface area is 137 Å². The quantitative estimate of drug-likeness (QED) is 0.629. The molecule has 0 aliphatic carbocycles. The van der Waals surface area contributed by atoms with Crippen molar-refractivity contribution < 1.29 is 23.5 Å². The predicted molar refractivity (Wildman–Crippen MR) is 83.2 cm³/mol. The molecule has 1 rings (SSSR count). The molecule has 1 N–H and O–H groups in total. The van der Waals surface area contributed by atoms with Crippen LogP contribution in [0.25, 0.3) is 0 Å². The Bertz CT molecular complexity index is 543. The van der Waals surface area contributed by atoms with Crippen molar-refractivity contribution in [2.45, 2.75) is 32.8 Å². The van der Waals surface area contributed by atoms with Gasteiger partial charge in [-0.05, 0) is 45.4 Å². The molecule has 0 saturated heterocycles. The van der Waals surface area contributed by atoms with Gasteiger partial charge in [-0.3, -0.25) is 0 Å². The number of halogens is 2. The number of hydrogen-bond donors (Lipinski definition) is 1. The van der Waals surface area contributed by atoms with Crippen molar-refractivity contribution in [1.29, 1.82) is 0 Å². The van der Waals surface area contributed by atoms with Gasteiger partial charge in [0.15, 0.2) is 0 Å². The summed E-state index contributed by atoms with van der Waals surface area (Å²) in [5.41, 5.74) is -0.682. The van der Waals surface area contributed by atoms with Gasteiger partial charge in [0.1, 0.15) is 11.4 Å². The second kappa shape index (κ2) is 8.12. The van der Waals surface area contributed by atoms with Gasteiger partial charge in [0.25, 0.3) is 0 Å². The smallest absolute Gasteiger partial charge is 0.407 e. The number of esters is 1. The number of benzene rings is 1. The van der Waals surface area contributed by atoms with E-state index in [1.54, 1.807) is 26.8 Å². The van der Waals surface area contributed by atoms with Gasteiger partial charge in [-0.15, -0.1) is 0 Å². The van der Waals surface area contributed by atoms with E-state index in [2.05, 4.69) is 21.2 Å². The number of carbonyl (C=O) groups excluding carboxylic acids is 2. The second-order valence-corrected chi connectivity index (χ2v) is 6.46. The number of alkyl carbamates (subject to hydrolysis) is 1. The van der Waals surface area contributed by atoms with Gasteiger partial charge >= 0.3 is 12.1 Å². The van der Waals surface area contributed by atoms with Crippen LogP contribution in [0.15, 0.2) is 22.7 Å². The van der Waals surface area contributed by atoms with Crippen LogP contribution >= 0.6 is 15.9 Å². The molecule has 5 nitrogen and oxygen atoms in total. The summed E-state index contributed by atoms with van der Waals surface area (Å²) in [6.07, 6.45) is -0.124. The Hall–Kier alpha value is -1.63. The Kier molecular flexibility index (Phi) is 6.80. The van der Waals surface area contributed by atoms with Crippen LogP contribution in [-0.4, -0.2) is 30.8 Å². The van der Waals surface area contributed by atoms with Crippen LogP contribution in [-0.2, 0) is 9.47 Å². The lowest BCUT2D eigenvalue weighted by molar-refractivity contribution is 0.0479. The zero-order valence-corrected chi connectivity index (χ0v) is 14.3. The monoisotopic (exact) mass is 375 g/mol. The average Bonchev–Trinajstić information content (AvgIpc) is 2.35. The summed E-state index contributed by atoms with van der Waals surface area (Å²) in [6, 6.07) is 4.10. The van der Waals surface area contributed by atoms with Crippen molar-refractivity contribution in [3.05, 3.63) is 34.1 Å². The van der Waals surface area contributed by atoms with E-state index >= 15 is 0 Å². The molecule has 0 radical (unpaired) electrons. The average molecular weight is 376 g/mol. The molecule has 0 heterocycles. The number of rotatable bonds is 5. The Morgan fingerprint density at radius 3 is 2.59 bits per heavy atom. The summed E-state index contributed by atoms with van der Waals surface area (Å²) in [4.78, 5) is 23.0. The van der Waals surface area contributed by atoms with Gasteiger partial charge in [0.05, 0.1) is 12.2 Å². The summed E-state index contributed by atoms with van der Waals surface area (Å²) in [7, 11) is 0. The highest BCUT2D eigenvalue weighted by atomic mass is 79.9. The lowest BCUT2D eigenvalue weighted by Crippen LogP contribution is -2.33. The number of carbonyl (C=O) groups is 2. The van der Waals surface area contributed by atoms with Crippen LogP contribution in [0.1, 0.15) is 37.6 Å². The number of nitrogens with one attached hydrogen (secondary N) is 1. The highest BCUT2D eigenvalue weighted by molar-refractivity contribution is 9.10. The molecular formula is C15H19BrFNO4. The van der Waals surface area contributed by atoms with E-state index < -0.39 is 23.5 Å². The molecule has 0 unspecified atom stereocenters. The normalized spacial score (nSPS) is 11.0. The van der Waals surface area contributed by atoms with Crippen molar-refractivity contribution in [1.82, 2.24) is 5.32 Å². The standard InChI is InChI=1S/C15H19BrFNO4/c1-15(2,3)22-14(20)18-7-4-8-21-13(19)11-6-5-10(16)9-12(11)17/h5-6,9H,4,7-8H2,1-3H3,(H,18,20). The van der Waals surface area contributed by atoms with Crippen molar-refractivity contribution >= 4 is 28.0 Å². The summed E-state index contributed by atoms with van der Waals surface area (Å²) in [6.45, 7) is 5.67. The van der Waals surface area contributed by atoms with Crippen LogP contribution in [0, 0.1) is 5.82 Å². The maximum atomic E-state index is 13.5. The van der Waals surface area contributed by atoms with E-state index in [4.69, 9.17) is 9.47 Å². The Balaban J connectivity index is 2.27. The van der Waals surface area contributed by atoms with Crippen LogP contribution in [0.3, 0.4) is 0 Å². The zero-order chi connectivity index (χ0) is 16.8. The molecule has 7 heteroatoms. The van der Waals surface area contributed by atoms with Gasteiger partial charge in [-0.25, -0.2) is 14.0 Å². The molecule has 1 aromatic rings. The third-order valence-electron chi connectivity index (χ3n) is 2.37. The second-order valence-electron chi connectivity index (χ2n) is 5.54. The SMILES string of the molecule is CC(C)(C)OC(=O)NCCCOC(=O)c1ccc(Br)cc1F. The molecule has 1 amide bonds. The van der Waals surface area contributed by atoms with Crippen molar-refractivity contribution in [2.24, 2.45) is 0 Å². The van der Waals surface area contributed by atoms with Crippen LogP contribution < -0.4 is 5.32 Å². The Morgan fingerprint density at radius 1 is 1.32 bits per heavy atom. The maximum Gasteiger partial charge on any atom is 0.407 e. The van der Waals surface area contributed by atoms with Gasteiger partial charge < -0.3 is 14.8 Å². The first-order valence-corrected chi connectivity index (χ1v) is 7.57. The summed E-state index contributed by atoms with van der Waals surface area (Å²) in [5.74, 6) is -1.38. The first-order valence-electron chi connectivity index (χ1n) is 6.78. The van der Waals surface area contributed by atoms with E-state index in [0.717, 1.165) is 0 Å². The van der Waals surface area contributed by atoms with Crippen LogP contribution in [0.2, 0.25) is 0 Å². The lowest BCUT2D eigenvalue weighted by Gasteiger charge is -2.19. The molecule has 122 valence electrons. The third-order valence-corrected chi connectivity index (χ3v) is 2.87. The van der Waals surface area contributed by atoms with E-state index in [9.17, 15) is 14.0 Å². The molecule has 22 heavy (non-hydrogen) atoms. The lowest BCUT2D eigenvalue weighted by atomic mass is 10.2. The molecule has 0 bridgehead atoms. The summed E-state index contributed by atoms with van der Waals surface area (Å²) < 4.78 is 24.1. The zero-order valence-electron chi connectivity index (χ0n) is 12.7. The minimum absolute atomic E-state index is 0.0735. The van der Waals surface area contributed by atoms with Crippen molar-refractivity contribution in [3.8, 4) is 0 Å². The van der Waals surface area contributed by atoms with Crippen LogP contribution in [0.5, 0.6) is 0 Å². The third kappa shape index (κ3) is 6.89. The van der Waals surface area contributed by atoms with E-state index in [1.807, 2.05) is 0 Å². The van der Waals surface area contributed by atoms with E-state index in [1.165, 1.54) is 12.1 Å². The minimum atomic E-state index is -0.734. The number of ether oxygens (including phenoxy) is 2. The fourth-order valence-electron chi connectivity index (χ4n) is 1.47. The van der Waals surface area contributed by atoms with Crippen molar-refractivity contribution in [3.63, 3.8) is 0 Å². The maximum absolute atomic E-state index is 13.5. The highest BCUT2D eigenvalue weighted by Crippen LogP contribution is 2.16. The van der Waals surface area contributed by atoms with Gasteiger partial charge in [-0.1, -0.05) is 15.9 Å². The molecule has 0 atom stereocenters. The van der Waals surface area contributed by atoms with Crippen molar-refractivity contribution in [2.75, 3.05) is 13.2 Å². The van der Waals surface area contributed by atoms with Crippen LogP contribution in [0.4, 0.5) is 9.18 Å².